The Morgan fingerprint density at radius 3 is 2.94 bits per heavy atom. The predicted octanol–water partition coefficient (Wildman–Crippen LogP) is 4.81. The van der Waals surface area contributed by atoms with E-state index < -0.39 is 0 Å². The molecule has 0 atom stereocenters. The van der Waals surface area contributed by atoms with E-state index in [2.05, 4.69) is 32.2 Å². The van der Waals surface area contributed by atoms with Gasteiger partial charge in [-0.2, -0.15) is 4.37 Å². The summed E-state index contributed by atoms with van der Waals surface area (Å²) < 4.78 is 6.25. The Bertz CT molecular complexity index is 516. The van der Waals surface area contributed by atoms with Crippen LogP contribution >= 0.6 is 50.8 Å². The lowest BCUT2D eigenvalue weighted by Gasteiger charge is -2.02. The van der Waals surface area contributed by atoms with Gasteiger partial charge >= 0.3 is 0 Å². The summed E-state index contributed by atoms with van der Waals surface area (Å²) in [7, 11) is 0. The van der Waals surface area contributed by atoms with Crippen molar-refractivity contribution >= 4 is 50.8 Å². The second-order valence-electron chi connectivity index (χ2n) is 3.35. The first-order valence-electron chi connectivity index (χ1n) is 5.08. The van der Waals surface area contributed by atoms with Crippen LogP contribution in [0.1, 0.15) is 18.3 Å². The molecule has 2 nitrogen and oxygen atoms in total. The third-order valence-corrected chi connectivity index (χ3v) is 4.90. The van der Waals surface area contributed by atoms with Crippen LogP contribution in [0, 0.1) is 0 Å². The Morgan fingerprint density at radius 2 is 2.29 bits per heavy atom. The molecule has 6 heteroatoms. The fourth-order valence-corrected chi connectivity index (χ4v) is 3.74. The third-order valence-electron chi connectivity index (χ3n) is 2.13. The highest BCUT2D eigenvalue weighted by Gasteiger charge is 2.06. The predicted molar refractivity (Wildman–Crippen MR) is 78.0 cm³/mol. The van der Waals surface area contributed by atoms with Crippen LogP contribution in [0.5, 0.6) is 0 Å². The maximum Gasteiger partial charge on any atom is 0.170 e. The van der Waals surface area contributed by atoms with Crippen LogP contribution in [-0.4, -0.2) is 9.36 Å². The fraction of sp³-hybridized carbons (Fsp3) is 0.273. The van der Waals surface area contributed by atoms with Gasteiger partial charge in [0.15, 0.2) is 4.34 Å². The number of halogens is 2. The van der Waals surface area contributed by atoms with Crippen molar-refractivity contribution < 1.29 is 0 Å². The summed E-state index contributed by atoms with van der Waals surface area (Å²) in [5.74, 6) is 1.74. The summed E-state index contributed by atoms with van der Waals surface area (Å²) in [6.07, 6.45) is 0.885. The highest BCUT2D eigenvalue weighted by Crippen LogP contribution is 2.29. The normalized spacial score (nSPS) is 10.8. The largest absolute Gasteiger partial charge is 0.213 e. The zero-order chi connectivity index (χ0) is 12.3. The highest BCUT2D eigenvalue weighted by molar-refractivity contribution is 9.10. The van der Waals surface area contributed by atoms with Crippen molar-refractivity contribution in [1.82, 2.24) is 9.36 Å². The minimum Gasteiger partial charge on any atom is -0.213 e. The van der Waals surface area contributed by atoms with Crippen LogP contribution in [0.3, 0.4) is 0 Å². The highest BCUT2D eigenvalue weighted by atomic mass is 79.9. The first-order valence-corrected chi connectivity index (χ1v) is 8.01. The first kappa shape index (κ1) is 13.3. The average Bonchev–Trinajstić information content (AvgIpc) is 2.76. The van der Waals surface area contributed by atoms with E-state index in [0.717, 1.165) is 37.4 Å². The summed E-state index contributed by atoms with van der Waals surface area (Å²) in [5.41, 5.74) is 1.12. The van der Waals surface area contributed by atoms with Crippen LogP contribution in [0.4, 0.5) is 0 Å². The average molecular weight is 350 g/mol. The lowest BCUT2D eigenvalue weighted by Crippen LogP contribution is -1.84. The minimum absolute atomic E-state index is 0.784. The second kappa shape index (κ2) is 6.18. The molecule has 2 aromatic rings. The number of benzene rings is 1. The molecular formula is C11H10BrClN2S2. The number of hydrogen-bond donors (Lipinski definition) is 0. The molecule has 1 heterocycles. The molecular weight excluding hydrogens is 340 g/mol. The van der Waals surface area contributed by atoms with Crippen LogP contribution in [0.25, 0.3) is 0 Å². The van der Waals surface area contributed by atoms with E-state index in [9.17, 15) is 0 Å². The minimum atomic E-state index is 0.784. The van der Waals surface area contributed by atoms with E-state index in [-0.39, 0.29) is 0 Å². The molecule has 0 radical (unpaired) electrons. The van der Waals surface area contributed by atoms with Gasteiger partial charge < -0.3 is 0 Å². The van der Waals surface area contributed by atoms with Crippen molar-refractivity contribution in [1.29, 1.82) is 0 Å². The molecule has 0 aliphatic heterocycles. The van der Waals surface area contributed by atoms with E-state index in [4.69, 9.17) is 11.6 Å². The van der Waals surface area contributed by atoms with Gasteiger partial charge in [0.05, 0.1) is 0 Å². The second-order valence-corrected chi connectivity index (χ2v) is 6.65. The number of nitrogens with zero attached hydrogens (tertiary/aromatic N) is 2. The standard InChI is InChI=1S/C11H10BrClN2S2/c1-2-10-14-11(17-15-10)16-6-7-3-4-8(12)5-9(7)13/h3-5H,2,6H2,1H3. The van der Waals surface area contributed by atoms with E-state index in [1.54, 1.807) is 11.8 Å². The summed E-state index contributed by atoms with van der Waals surface area (Å²) in [5, 5.41) is 0.784. The number of aromatic nitrogens is 2. The van der Waals surface area contributed by atoms with Crippen LogP contribution < -0.4 is 0 Å². The Balaban J connectivity index is 2.02. The van der Waals surface area contributed by atoms with Crippen LogP contribution in [-0.2, 0) is 12.2 Å². The first-order chi connectivity index (χ1) is 8.19. The zero-order valence-electron chi connectivity index (χ0n) is 9.11. The maximum absolute atomic E-state index is 6.15. The van der Waals surface area contributed by atoms with Gasteiger partial charge in [-0.05, 0) is 29.2 Å². The SMILES string of the molecule is CCc1nsc(SCc2ccc(Br)cc2Cl)n1. The molecule has 0 unspecified atom stereocenters. The van der Waals surface area contributed by atoms with Crippen molar-refractivity contribution in [3.63, 3.8) is 0 Å². The molecule has 0 saturated heterocycles. The molecule has 0 N–H and O–H groups in total. The van der Waals surface area contributed by atoms with Gasteiger partial charge in [0.25, 0.3) is 0 Å². The van der Waals surface area contributed by atoms with Crippen molar-refractivity contribution in [2.24, 2.45) is 0 Å². The van der Waals surface area contributed by atoms with Gasteiger partial charge in [-0.25, -0.2) is 4.98 Å². The summed E-state index contributed by atoms with van der Waals surface area (Å²) in [6, 6.07) is 5.94. The molecule has 0 spiro atoms. The summed E-state index contributed by atoms with van der Waals surface area (Å²) in [6.45, 7) is 2.06. The Labute approximate surface area is 122 Å². The molecule has 1 aromatic heterocycles. The van der Waals surface area contributed by atoms with Crippen molar-refractivity contribution in [3.05, 3.63) is 39.1 Å². The molecule has 17 heavy (non-hydrogen) atoms. The zero-order valence-corrected chi connectivity index (χ0v) is 13.1. The molecule has 1 aromatic carbocycles. The van der Waals surface area contributed by atoms with E-state index >= 15 is 0 Å². The van der Waals surface area contributed by atoms with Crippen LogP contribution in [0.15, 0.2) is 27.0 Å². The van der Waals surface area contributed by atoms with Crippen molar-refractivity contribution in [2.45, 2.75) is 23.4 Å². The third kappa shape index (κ3) is 3.68. The number of hydrogen-bond acceptors (Lipinski definition) is 4. The Hall–Kier alpha value is -0.100. The number of rotatable bonds is 4. The quantitative estimate of drug-likeness (QED) is 0.741. The molecule has 0 aliphatic carbocycles. The van der Waals surface area contributed by atoms with E-state index in [1.807, 2.05) is 18.2 Å². The van der Waals surface area contributed by atoms with Crippen molar-refractivity contribution in [2.75, 3.05) is 0 Å². The van der Waals surface area contributed by atoms with E-state index in [1.165, 1.54) is 11.5 Å². The smallest absolute Gasteiger partial charge is 0.170 e. The molecule has 0 amide bonds. The molecule has 90 valence electrons. The molecule has 0 saturated carbocycles. The van der Waals surface area contributed by atoms with Crippen molar-refractivity contribution in [3.8, 4) is 0 Å². The van der Waals surface area contributed by atoms with Gasteiger partial charge in [-0.15, -0.1) is 0 Å². The van der Waals surface area contributed by atoms with Gasteiger partial charge in [-0.3, -0.25) is 0 Å². The van der Waals surface area contributed by atoms with E-state index in [0.29, 0.717) is 0 Å². The maximum atomic E-state index is 6.15. The topological polar surface area (TPSA) is 25.8 Å². The van der Waals surface area contributed by atoms with Gasteiger partial charge in [0.2, 0.25) is 0 Å². The Morgan fingerprint density at radius 1 is 1.47 bits per heavy atom. The van der Waals surface area contributed by atoms with Gasteiger partial charge in [0.1, 0.15) is 5.82 Å². The molecule has 2 rings (SSSR count). The molecule has 0 bridgehead atoms. The summed E-state index contributed by atoms with van der Waals surface area (Å²) in [4.78, 5) is 4.41. The monoisotopic (exact) mass is 348 g/mol. The Kier molecular flexibility index (Phi) is 4.85. The number of aryl methyl sites for hydroxylation is 1. The summed E-state index contributed by atoms with van der Waals surface area (Å²) >= 11 is 12.7. The molecule has 0 fully saturated rings. The lowest BCUT2D eigenvalue weighted by atomic mass is 10.2. The van der Waals surface area contributed by atoms with Crippen LogP contribution in [0.2, 0.25) is 5.02 Å². The molecule has 0 aliphatic rings. The number of thioether (sulfide) groups is 1. The van der Waals surface area contributed by atoms with Gasteiger partial charge in [-0.1, -0.05) is 52.3 Å². The van der Waals surface area contributed by atoms with Gasteiger partial charge in [0, 0.05) is 21.7 Å². The lowest BCUT2D eigenvalue weighted by molar-refractivity contribution is 0.971. The fourth-order valence-electron chi connectivity index (χ4n) is 1.22.